The maximum absolute atomic E-state index is 12.0. The topological polar surface area (TPSA) is 94.1 Å². The Bertz CT molecular complexity index is 321. The van der Waals surface area contributed by atoms with Gasteiger partial charge in [0.25, 0.3) is 0 Å². The Kier molecular flexibility index (Phi) is 3.81. The van der Waals surface area contributed by atoms with Crippen molar-refractivity contribution in [2.75, 3.05) is 6.54 Å². The van der Waals surface area contributed by atoms with Crippen LogP contribution in [-0.4, -0.2) is 24.1 Å². The molecule has 0 bridgehead atoms. The maximum Gasteiger partial charge on any atom is 0.310 e. The first kappa shape index (κ1) is 14.0. The van der Waals surface area contributed by atoms with Crippen LogP contribution in [0.2, 0.25) is 0 Å². The van der Waals surface area contributed by atoms with Gasteiger partial charge >= 0.3 is 5.97 Å². The van der Waals surface area contributed by atoms with Crippen LogP contribution in [0.15, 0.2) is 0 Å². The van der Waals surface area contributed by atoms with E-state index in [9.17, 15) is 14.7 Å². The molecule has 0 aliphatic heterocycles. The molecule has 5 heteroatoms. The predicted octanol–water partition coefficient (Wildman–Crippen LogP) is -0.894. The molecule has 0 amide bonds. The zero-order chi connectivity index (χ0) is 13.3. The first-order chi connectivity index (χ1) is 7.73. The van der Waals surface area contributed by atoms with E-state index in [1.807, 2.05) is 0 Å². The molecule has 0 saturated heterocycles. The highest BCUT2D eigenvalue weighted by Gasteiger charge is 2.50. The number of quaternary nitrogens is 1. The molecule has 0 radical (unpaired) electrons. The number of hydrogen-bond acceptors (Lipinski definition) is 4. The summed E-state index contributed by atoms with van der Waals surface area (Å²) in [6.45, 7) is 5.47. The van der Waals surface area contributed by atoms with Gasteiger partial charge in [0.15, 0.2) is 0 Å². The molecule has 0 aromatic carbocycles. The normalized spacial score (nSPS) is 29.1. The molecule has 0 aromatic heterocycles. The molecule has 17 heavy (non-hydrogen) atoms. The zero-order valence-electron chi connectivity index (χ0n) is 10.7. The first-order valence-electron chi connectivity index (χ1n) is 5.96. The summed E-state index contributed by atoms with van der Waals surface area (Å²) in [7, 11) is 0. The van der Waals surface area contributed by atoms with Gasteiger partial charge in [-0.2, -0.15) is 0 Å². The fourth-order valence-corrected chi connectivity index (χ4v) is 2.43. The third-order valence-corrected chi connectivity index (χ3v) is 3.33. The Labute approximate surface area is 101 Å². The third-order valence-electron chi connectivity index (χ3n) is 3.33. The average Bonchev–Trinajstić information content (AvgIpc) is 2.59. The lowest BCUT2D eigenvalue weighted by atomic mass is 9.78. The van der Waals surface area contributed by atoms with Crippen molar-refractivity contribution in [3.8, 4) is 0 Å². The molecule has 1 aliphatic carbocycles. The largest absolute Gasteiger partial charge is 0.549 e. The molecule has 1 rings (SSSR count). The molecule has 1 aliphatic rings. The van der Waals surface area contributed by atoms with E-state index in [1.165, 1.54) is 0 Å². The molecular weight excluding hydrogens is 222 g/mol. The van der Waals surface area contributed by atoms with E-state index in [-0.39, 0.29) is 6.54 Å². The average molecular weight is 243 g/mol. The number of ether oxygens (including phenoxy) is 1. The molecule has 0 spiro atoms. The second kappa shape index (κ2) is 4.64. The van der Waals surface area contributed by atoms with E-state index >= 15 is 0 Å². The van der Waals surface area contributed by atoms with Crippen molar-refractivity contribution in [3.63, 3.8) is 0 Å². The highest BCUT2D eigenvalue weighted by atomic mass is 16.6. The quantitative estimate of drug-likeness (QED) is 0.650. The molecule has 0 aromatic rings. The minimum Gasteiger partial charge on any atom is -0.549 e. The van der Waals surface area contributed by atoms with Gasteiger partial charge in [0.05, 0.1) is 23.8 Å². The summed E-state index contributed by atoms with van der Waals surface area (Å²) < 4.78 is 5.27. The van der Waals surface area contributed by atoms with Gasteiger partial charge in [-0.3, -0.25) is 4.79 Å². The highest BCUT2D eigenvalue weighted by molar-refractivity contribution is 5.84. The molecule has 5 nitrogen and oxygen atoms in total. The van der Waals surface area contributed by atoms with Crippen molar-refractivity contribution in [3.05, 3.63) is 0 Å². The van der Waals surface area contributed by atoms with Crippen LogP contribution in [0.3, 0.4) is 0 Å². The van der Waals surface area contributed by atoms with Crippen molar-refractivity contribution >= 4 is 11.9 Å². The van der Waals surface area contributed by atoms with Gasteiger partial charge in [0.1, 0.15) is 5.60 Å². The Balaban J connectivity index is 2.89. The molecule has 1 saturated carbocycles. The van der Waals surface area contributed by atoms with Crippen LogP contribution in [0.25, 0.3) is 0 Å². The van der Waals surface area contributed by atoms with Crippen LogP contribution in [0.1, 0.15) is 40.0 Å². The number of carboxylic acids is 1. The Morgan fingerprint density at radius 3 is 2.47 bits per heavy atom. The number of hydrogen-bond donors (Lipinski definition) is 1. The van der Waals surface area contributed by atoms with Gasteiger partial charge < -0.3 is 20.4 Å². The van der Waals surface area contributed by atoms with E-state index in [0.29, 0.717) is 19.3 Å². The van der Waals surface area contributed by atoms with Gasteiger partial charge in [0, 0.05) is 0 Å². The summed E-state index contributed by atoms with van der Waals surface area (Å²) in [5, 5.41) is 11.3. The molecule has 98 valence electrons. The smallest absolute Gasteiger partial charge is 0.310 e. The number of carbonyl (C=O) groups is 2. The minimum absolute atomic E-state index is 0.166. The van der Waals surface area contributed by atoms with E-state index in [4.69, 9.17) is 4.74 Å². The van der Waals surface area contributed by atoms with E-state index in [0.717, 1.165) is 0 Å². The SMILES string of the molecule is CC(C)(C)OC(=O)[C@H]1CCC[C@@]1(C[NH3+])C(=O)[O-]. The second-order valence-electron chi connectivity index (χ2n) is 5.67. The molecule has 0 heterocycles. The fourth-order valence-electron chi connectivity index (χ4n) is 2.43. The fraction of sp³-hybridized carbons (Fsp3) is 0.833. The standard InChI is InChI=1S/C12H21NO4/c1-11(2,3)17-9(14)8-5-4-6-12(8,7-13)10(15)16/h8H,4-7,13H2,1-3H3,(H,15,16)/t8-,12+/m1/s1. The lowest BCUT2D eigenvalue weighted by Gasteiger charge is -2.33. The predicted molar refractivity (Wildman–Crippen MR) is 58.4 cm³/mol. The number of carboxylic acid groups (broad SMARTS) is 1. The molecule has 0 unspecified atom stereocenters. The Hall–Kier alpha value is -1.10. The highest BCUT2D eigenvalue weighted by Crippen LogP contribution is 2.43. The van der Waals surface area contributed by atoms with Crippen LogP contribution in [0.5, 0.6) is 0 Å². The van der Waals surface area contributed by atoms with Gasteiger partial charge in [0.2, 0.25) is 0 Å². The van der Waals surface area contributed by atoms with Crippen molar-refractivity contribution in [2.24, 2.45) is 11.3 Å². The summed E-state index contributed by atoms with van der Waals surface area (Å²) >= 11 is 0. The number of esters is 1. The van der Waals surface area contributed by atoms with Crippen molar-refractivity contribution in [2.45, 2.75) is 45.6 Å². The molecule has 3 N–H and O–H groups in total. The maximum atomic E-state index is 12.0. The van der Waals surface area contributed by atoms with Crippen LogP contribution < -0.4 is 10.8 Å². The van der Waals surface area contributed by atoms with Crippen LogP contribution in [-0.2, 0) is 14.3 Å². The van der Waals surface area contributed by atoms with Gasteiger partial charge in [-0.1, -0.05) is 6.42 Å². The second-order valence-corrected chi connectivity index (χ2v) is 5.67. The molecule has 2 atom stereocenters. The number of carbonyl (C=O) groups excluding carboxylic acids is 2. The van der Waals surface area contributed by atoms with Crippen LogP contribution in [0, 0.1) is 11.3 Å². The summed E-state index contributed by atoms with van der Waals surface area (Å²) in [5.41, 5.74) is 1.93. The Morgan fingerprint density at radius 1 is 1.47 bits per heavy atom. The first-order valence-corrected chi connectivity index (χ1v) is 5.96. The monoisotopic (exact) mass is 243 g/mol. The van der Waals surface area contributed by atoms with Gasteiger partial charge in [-0.25, -0.2) is 0 Å². The van der Waals surface area contributed by atoms with Gasteiger partial charge in [-0.05, 0) is 33.6 Å². The van der Waals surface area contributed by atoms with Crippen molar-refractivity contribution < 1.29 is 25.2 Å². The van der Waals surface area contributed by atoms with E-state index in [2.05, 4.69) is 5.73 Å². The summed E-state index contributed by atoms with van der Waals surface area (Å²) in [6, 6.07) is 0. The summed E-state index contributed by atoms with van der Waals surface area (Å²) in [5.74, 6) is -2.24. The summed E-state index contributed by atoms with van der Waals surface area (Å²) in [6.07, 6.45) is 1.69. The summed E-state index contributed by atoms with van der Waals surface area (Å²) in [4.78, 5) is 23.3. The zero-order valence-corrected chi connectivity index (χ0v) is 10.7. The lowest BCUT2D eigenvalue weighted by molar-refractivity contribution is -0.405. The molecular formula is C12H21NO4. The van der Waals surface area contributed by atoms with Crippen molar-refractivity contribution in [1.29, 1.82) is 0 Å². The van der Waals surface area contributed by atoms with Crippen molar-refractivity contribution in [1.82, 2.24) is 0 Å². The third kappa shape index (κ3) is 2.77. The van der Waals surface area contributed by atoms with Crippen LogP contribution >= 0.6 is 0 Å². The van der Waals surface area contributed by atoms with E-state index in [1.54, 1.807) is 20.8 Å². The number of aliphatic carboxylic acids is 1. The Morgan fingerprint density at radius 2 is 2.06 bits per heavy atom. The molecule has 1 fully saturated rings. The van der Waals surface area contributed by atoms with Gasteiger partial charge in [-0.15, -0.1) is 0 Å². The lowest BCUT2D eigenvalue weighted by Crippen LogP contribution is -2.65. The minimum atomic E-state index is -1.18. The van der Waals surface area contributed by atoms with Crippen LogP contribution in [0.4, 0.5) is 0 Å². The number of rotatable bonds is 3. The van der Waals surface area contributed by atoms with E-state index < -0.39 is 28.9 Å².